The van der Waals surface area contributed by atoms with Gasteiger partial charge in [0.25, 0.3) is 0 Å². The molecule has 2 aromatic heterocycles. The predicted molar refractivity (Wildman–Crippen MR) is 214 cm³/mol. The smallest absolute Gasteiger partial charge is 0.130 e. The number of rotatable bonds is 6. The molecule has 256 valence electrons. The van der Waals surface area contributed by atoms with Crippen LogP contribution < -0.4 is 20.2 Å². The molecule has 5 nitrogen and oxygen atoms in total. The average Bonchev–Trinajstić information content (AvgIpc) is 4.00. The summed E-state index contributed by atoms with van der Waals surface area (Å²) in [5, 5.41) is 1.93. The number of aromatic nitrogens is 2. The van der Waals surface area contributed by atoms with E-state index in [1.807, 2.05) is 24.3 Å². The van der Waals surface area contributed by atoms with Gasteiger partial charge in [-0.15, -0.1) is 0 Å². The second-order valence-corrected chi connectivity index (χ2v) is 13.2. The molecule has 0 spiro atoms. The molecule has 0 amide bonds. The first-order chi connectivity index (χ1) is 26.2. The van der Waals surface area contributed by atoms with Crippen molar-refractivity contribution in [3.05, 3.63) is 231 Å². The van der Waals surface area contributed by atoms with Crippen molar-refractivity contribution in [2.75, 3.05) is 14.2 Å². The SMILES string of the molecule is COc1cc(OC)c2cc1/C(c1ccccc1)=c1/cc/c([nH]1)=C(\c1ccccc1)C1=N/C(=C(/c3ccccc3)c3ccc([nH]3)C2c2ccccc2)C=C1. The minimum atomic E-state index is -0.188. The molecule has 7 aromatic rings. The van der Waals surface area contributed by atoms with Crippen molar-refractivity contribution >= 4 is 22.4 Å². The highest BCUT2D eigenvalue weighted by atomic mass is 16.5. The lowest BCUT2D eigenvalue weighted by Crippen LogP contribution is -2.20. The summed E-state index contributed by atoms with van der Waals surface area (Å²) in [6, 6.07) is 55.1. The van der Waals surface area contributed by atoms with Crippen molar-refractivity contribution in [1.82, 2.24) is 9.97 Å². The van der Waals surface area contributed by atoms with Gasteiger partial charge in [0.15, 0.2) is 0 Å². The lowest BCUT2D eigenvalue weighted by molar-refractivity contribution is 0.389. The Labute approximate surface area is 308 Å². The minimum Gasteiger partial charge on any atom is -0.496 e. The number of ether oxygens (including phenoxy) is 2. The Morgan fingerprint density at radius 2 is 1.08 bits per heavy atom. The minimum absolute atomic E-state index is 0.188. The van der Waals surface area contributed by atoms with Crippen molar-refractivity contribution in [2.45, 2.75) is 5.92 Å². The highest BCUT2D eigenvalue weighted by molar-refractivity contribution is 6.30. The molecule has 9 rings (SSSR count). The summed E-state index contributed by atoms with van der Waals surface area (Å²) in [5.74, 6) is 1.27. The third-order valence-corrected chi connectivity index (χ3v) is 10.1. The Bertz CT molecular complexity index is 2670. The van der Waals surface area contributed by atoms with Crippen molar-refractivity contribution in [3.63, 3.8) is 0 Å². The van der Waals surface area contributed by atoms with Crippen LogP contribution in [0.3, 0.4) is 0 Å². The van der Waals surface area contributed by atoms with Gasteiger partial charge in [0.2, 0.25) is 0 Å². The molecule has 8 bridgehead atoms. The van der Waals surface area contributed by atoms with Crippen molar-refractivity contribution < 1.29 is 9.47 Å². The van der Waals surface area contributed by atoms with Gasteiger partial charge in [-0.2, -0.15) is 0 Å². The maximum atomic E-state index is 6.19. The Morgan fingerprint density at radius 3 is 1.70 bits per heavy atom. The molecule has 0 saturated carbocycles. The highest BCUT2D eigenvalue weighted by Crippen LogP contribution is 2.43. The topological polar surface area (TPSA) is 62.4 Å². The van der Waals surface area contributed by atoms with E-state index >= 15 is 0 Å². The molecule has 0 radical (unpaired) electrons. The molecule has 2 aliphatic heterocycles. The number of nitrogens with zero attached hydrogens (tertiary/aromatic N) is 1. The van der Waals surface area contributed by atoms with E-state index in [1.165, 1.54) is 0 Å². The summed E-state index contributed by atoms with van der Waals surface area (Å²) >= 11 is 0. The summed E-state index contributed by atoms with van der Waals surface area (Å²) < 4.78 is 12.4. The number of aliphatic imine (C=N–C) groups is 1. The Balaban J connectivity index is 1.46. The van der Waals surface area contributed by atoms with Crippen LogP contribution in [-0.4, -0.2) is 29.9 Å². The van der Waals surface area contributed by atoms with Gasteiger partial charge >= 0.3 is 0 Å². The number of benzene rings is 5. The van der Waals surface area contributed by atoms with Gasteiger partial charge in [-0.05, 0) is 64.7 Å². The molecule has 5 heteroatoms. The van der Waals surface area contributed by atoms with E-state index in [0.717, 1.165) is 95.1 Å². The molecular formula is C48H37N3O2. The Hall–Kier alpha value is -6.85. The first-order valence-corrected chi connectivity index (χ1v) is 17.8. The van der Waals surface area contributed by atoms with Crippen LogP contribution in [-0.2, 0) is 0 Å². The van der Waals surface area contributed by atoms with Gasteiger partial charge in [0.05, 0.1) is 31.5 Å². The van der Waals surface area contributed by atoms with Crippen LogP contribution >= 0.6 is 0 Å². The van der Waals surface area contributed by atoms with Crippen LogP contribution in [0.4, 0.5) is 0 Å². The zero-order chi connectivity index (χ0) is 35.7. The number of allylic oxidation sites excluding steroid dienone is 2. The quantitative estimate of drug-likeness (QED) is 0.184. The molecule has 0 saturated heterocycles. The van der Waals surface area contributed by atoms with Crippen LogP contribution in [0.1, 0.15) is 50.7 Å². The van der Waals surface area contributed by atoms with E-state index < -0.39 is 0 Å². The molecule has 2 aliphatic rings. The van der Waals surface area contributed by atoms with Gasteiger partial charge in [-0.25, -0.2) is 4.99 Å². The van der Waals surface area contributed by atoms with Crippen LogP contribution in [0.5, 0.6) is 11.5 Å². The van der Waals surface area contributed by atoms with Crippen LogP contribution in [0, 0.1) is 0 Å². The number of hydrogen-bond donors (Lipinski definition) is 2. The molecule has 1 unspecified atom stereocenters. The summed E-state index contributed by atoms with van der Waals surface area (Å²) in [4.78, 5) is 13.1. The van der Waals surface area contributed by atoms with Gasteiger partial charge in [0, 0.05) is 56.0 Å². The maximum Gasteiger partial charge on any atom is 0.130 e. The second kappa shape index (κ2) is 13.7. The number of methoxy groups -OCH3 is 2. The fourth-order valence-corrected chi connectivity index (χ4v) is 7.72. The number of aromatic amines is 2. The summed E-state index contributed by atoms with van der Waals surface area (Å²) in [6.45, 7) is 0. The summed E-state index contributed by atoms with van der Waals surface area (Å²) in [7, 11) is 3.45. The first-order valence-electron chi connectivity index (χ1n) is 17.8. The Morgan fingerprint density at radius 1 is 0.509 bits per heavy atom. The number of H-pyrrole nitrogens is 2. The van der Waals surface area contributed by atoms with Crippen LogP contribution in [0.2, 0.25) is 0 Å². The second-order valence-electron chi connectivity index (χ2n) is 13.2. The standard InChI is InChI=1S/C48H37N3O2/c1-52-43-30-44(53-2)36-29-35(43)45(31-15-7-3-8-16-31)37-23-25-39(49-37)47(33-19-11-5-12-20-33)41-27-28-42(51-41)48(34-21-13-6-14-22-34)40-26-24-38(50-40)46(36)32-17-9-4-10-18-32/h3-30,45,49-50H,1-2H3/b46-38-,47-41-,48-40-. The van der Waals surface area contributed by atoms with Crippen LogP contribution in [0.15, 0.2) is 181 Å². The largest absolute Gasteiger partial charge is 0.496 e. The highest BCUT2D eigenvalue weighted by Gasteiger charge is 2.27. The molecule has 1 atom stereocenters. The third-order valence-electron chi connectivity index (χ3n) is 10.1. The van der Waals surface area contributed by atoms with Gasteiger partial charge in [-0.1, -0.05) is 121 Å². The molecular weight excluding hydrogens is 651 g/mol. The summed E-state index contributed by atoms with van der Waals surface area (Å²) in [5.41, 5.74) is 13.2. The van der Waals surface area contributed by atoms with Crippen LogP contribution in [0.25, 0.3) is 16.7 Å². The molecule has 0 fully saturated rings. The first kappa shape index (κ1) is 32.1. The van der Waals surface area contributed by atoms with Crippen molar-refractivity contribution in [1.29, 1.82) is 0 Å². The lowest BCUT2D eigenvalue weighted by atomic mass is 9.85. The Kier molecular flexibility index (Phi) is 8.29. The normalized spacial score (nSPS) is 18.5. The van der Waals surface area contributed by atoms with E-state index in [2.05, 4.69) is 156 Å². The molecule has 5 aromatic carbocycles. The molecule has 0 aliphatic carbocycles. The average molecular weight is 688 g/mol. The van der Waals surface area contributed by atoms with Gasteiger partial charge in [-0.3, -0.25) is 0 Å². The molecule has 4 heterocycles. The van der Waals surface area contributed by atoms with Crippen molar-refractivity contribution in [2.24, 2.45) is 4.99 Å². The van der Waals surface area contributed by atoms with E-state index in [-0.39, 0.29) is 5.92 Å². The zero-order valence-corrected chi connectivity index (χ0v) is 29.5. The number of fused-ring (bicyclic) bond motifs is 7. The van der Waals surface area contributed by atoms with E-state index in [4.69, 9.17) is 14.5 Å². The fourth-order valence-electron chi connectivity index (χ4n) is 7.72. The monoisotopic (exact) mass is 687 g/mol. The van der Waals surface area contributed by atoms with Crippen molar-refractivity contribution in [3.8, 4) is 11.5 Å². The number of nitrogens with one attached hydrogen (secondary N) is 2. The fraction of sp³-hybridized carbons (Fsp3) is 0.0625. The lowest BCUT2D eigenvalue weighted by Gasteiger charge is -2.23. The van der Waals surface area contributed by atoms with Gasteiger partial charge in [0.1, 0.15) is 11.5 Å². The number of hydrogen-bond acceptors (Lipinski definition) is 3. The van der Waals surface area contributed by atoms with E-state index in [1.54, 1.807) is 14.2 Å². The third kappa shape index (κ3) is 5.82. The van der Waals surface area contributed by atoms with Gasteiger partial charge < -0.3 is 19.4 Å². The predicted octanol–water partition coefficient (Wildman–Crippen LogP) is 8.77. The summed E-state index contributed by atoms with van der Waals surface area (Å²) in [6.07, 6.45) is 4.27. The maximum absolute atomic E-state index is 6.19. The van der Waals surface area contributed by atoms with E-state index in [0.29, 0.717) is 0 Å². The zero-order valence-electron chi connectivity index (χ0n) is 29.5. The molecule has 2 N–H and O–H groups in total. The molecule has 53 heavy (non-hydrogen) atoms. The van der Waals surface area contributed by atoms with E-state index in [9.17, 15) is 0 Å².